The Morgan fingerprint density at radius 2 is 1.90 bits per heavy atom. The van der Waals surface area contributed by atoms with E-state index in [-0.39, 0.29) is 5.82 Å². The number of rotatable bonds is 3. The first-order valence-electron chi connectivity index (χ1n) is 6.68. The Morgan fingerprint density at radius 1 is 1.10 bits per heavy atom. The van der Waals surface area contributed by atoms with Crippen molar-refractivity contribution in [2.45, 2.75) is 13.8 Å². The number of benzene rings is 2. The van der Waals surface area contributed by atoms with E-state index >= 15 is 0 Å². The maximum atomic E-state index is 13.6. The molecule has 1 heterocycles. The quantitative estimate of drug-likeness (QED) is 0.709. The molecule has 0 fully saturated rings. The number of thiazole rings is 1. The third-order valence-electron chi connectivity index (χ3n) is 3.28. The molecule has 21 heavy (non-hydrogen) atoms. The number of anilines is 2. The molecule has 1 aromatic heterocycles. The van der Waals surface area contributed by atoms with Crippen molar-refractivity contribution < 1.29 is 4.39 Å². The molecule has 0 spiro atoms. The van der Waals surface area contributed by atoms with Gasteiger partial charge in [-0.05, 0) is 31.5 Å². The molecular formula is C17H15FN2S. The van der Waals surface area contributed by atoms with Gasteiger partial charge in [-0.2, -0.15) is 0 Å². The van der Waals surface area contributed by atoms with E-state index in [1.54, 1.807) is 18.2 Å². The van der Waals surface area contributed by atoms with Gasteiger partial charge in [0.2, 0.25) is 0 Å². The van der Waals surface area contributed by atoms with Crippen LogP contribution in [-0.4, -0.2) is 4.98 Å². The number of nitrogens with one attached hydrogen (secondary N) is 1. The van der Waals surface area contributed by atoms with Gasteiger partial charge in [0.05, 0.1) is 11.4 Å². The summed E-state index contributed by atoms with van der Waals surface area (Å²) in [5.41, 5.74) is 4.89. The van der Waals surface area contributed by atoms with E-state index < -0.39 is 0 Å². The standard InChI is InChI=1S/C17H15FN2S/c1-11-7-8-13(12(2)9-11)16-10-21-17(20-16)19-15-6-4-3-5-14(15)18/h3-10H,1-2H3,(H,19,20). The molecule has 0 unspecified atom stereocenters. The summed E-state index contributed by atoms with van der Waals surface area (Å²) in [6.45, 7) is 4.15. The Morgan fingerprint density at radius 3 is 2.67 bits per heavy atom. The van der Waals surface area contributed by atoms with Crippen LogP contribution in [0.1, 0.15) is 11.1 Å². The summed E-state index contributed by atoms with van der Waals surface area (Å²) in [6.07, 6.45) is 0. The van der Waals surface area contributed by atoms with Gasteiger partial charge < -0.3 is 5.32 Å². The number of nitrogens with zero attached hydrogens (tertiary/aromatic N) is 1. The maximum absolute atomic E-state index is 13.6. The van der Waals surface area contributed by atoms with Gasteiger partial charge in [-0.15, -0.1) is 11.3 Å². The SMILES string of the molecule is Cc1ccc(-c2csc(Nc3ccccc3F)n2)c(C)c1. The predicted molar refractivity (Wildman–Crippen MR) is 86.7 cm³/mol. The summed E-state index contributed by atoms with van der Waals surface area (Å²) in [5, 5.41) is 5.70. The second-order valence-electron chi connectivity index (χ2n) is 4.96. The molecule has 0 aliphatic heterocycles. The Kier molecular flexibility index (Phi) is 3.71. The zero-order chi connectivity index (χ0) is 14.8. The normalized spacial score (nSPS) is 10.6. The highest BCUT2D eigenvalue weighted by Crippen LogP contribution is 2.30. The second-order valence-corrected chi connectivity index (χ2v) is 5.82. The van der Waals surface area contributed by atoms with Gasteiger partial charge >= 0.3 is 0 Å². The van der Waals surface area contributed by atoms with E-state index in [4.69, 9.17) is 0 Å². The third-order valence-corrected chi connectivity index (χ3v) is 4.04. The van der Waals surface area contributed by atoms with Gasteiger partial charge in [0.25, 0.3) is 0 Å². The highest BCUT2D eigenvalue weighted by Gasteiger charge is 2.09. The molecule has 2 nitrogen and oxygen atoms in total. The van der Waals surface area contributed by atoms with Gasteiger partial charge in [0, 0.05) is 10.9 Å². The van der Waals surface area contributed by atoms with Crippen LogP contribution < -0.4 is 5.32 Å². The zero-order valence-electron chi connectivity index (χ0n) is 11.9. The summed E-state index contributed by atoms with van der Waals surface area (Å²) >= 11 is 1.47. The van der Waals surface area contributed by atoms with Crippen LogP contribution in [0.5, 0.6) is 0 Å². The molecule has 3 rings (SSSR count). The van der Waals surface area contributed by atoms with E-state index in [2.05, 4.69) is 42.3 Å². The minimum atomic E-state index is -0.277. The van der Waals surface area contributed by atoms with E-state index in [1.807, 2.05) is 5.38 Å². The van der Waals surface area contributed by atoms with E-state index in [0.29, 0.717) is 10.8 Å². The lowest BCUT2D eigenvalue weighted by Gasteiger charge is -2.04. The van der Waals surface area contributed by atoms with Gasteiger partial charge in [0.1, 0.15) is 5.82 Å². The Bertz CT molecular complexity index is 780. The molecule has 0 atom stereocenters. The molecule has 0 bridgehead atoms. The first kappa shape index (κ1) is 13.8. The number of halogens is 1. The lowest BCUT2D eigenvalue weighted by Crippen LogP contribution is -1.93. The molecule has 4 heteroatoms. The van der Waals surface area contributed by atoms with Crippen LogP contribution in [0.25, 0.3) is 11.3 Å². The number of aryl methyl sites for hydroxylation is 2. The lowest BCUT2D eigenvalue weighted by molar-refractivity contribution is 0.632. The van der Waals surface area contributed by atoms with Crippen molar-refractivity contribution in [2.75, 3.05) is 5.32 Å². The number of aromatic nitrogens is 1. The van der Waals surface area contributed by atoms with Crippen molar-refractivity contribution in [1.29, 1.82) is 0 Å². The third kappa shape index (κ3) is 2.95. The fraction of sp³-hybridized carbons (Fsp3) is 0.118. The van der Waals surface area contributed by atoms with Crippen LogP contribution in [0, 0.1) is 19.7 Å². The fourth-order valence-corrected chi connectivity index (χ4v) is 2.96. The number of para-hydroxylation sites is 1. The van der Waals surface area contributed by atoms with Crippen molar-refractivity contribution in [2.24, 2.45) is 0 Å². The summed E-state index contributed by atoms with van der Waals surface area (Å²) in [7, 11) is 0. The van der Waals surface area contributed by atoms with Gasteiger partial charge in [0.15, 0.2) is 5.13 Å². The average molecular weight is 298 g/mol. The molecular weight excluding hydrogens is 283 g/mol. The van der Waals surface area contributed by atoms with Crippen molar-refractivity contribution in [1.82, 2.24) is 4.98 Å². The molecule has 106 valence electrons. The minimum absolute atomic E-state index is 0.277. The minimum Gasteiger partial charge on any atom is -0.329 e. The lowest BCUT2D eigenvalue weighted by atomic mass is 10.0. The Labute approximate surface area is 127 Å². The van der Waals surface area contributed by atoms with Crippen LogP contribution in [0.2, 0.25) is 0 Å². The monoisotopic (exact) mass is 298 g/mol. The topological polar surface area (TPSA) is 24.9 Å². The Hall–Kier alpha value is -2.20. The van der Waals surface area contributed by atoms with E-state index in [9.17, 15) is 4.39 Å². The molecule has 1 N–H and O–H groups in total. The van der Waals surface area contributed by atoms with Crippen LogP contribution in [0.3, 0.4) is 0 Å². The molecule has 0 aliphatic rings. The smallest absolute Gasteiger partial charge is 0.187 e. The van der Waals surface area contributed by atoms with Gasteiger partial charge in [-0.25, -0.2) is 9.37 Å². The summed E-state index contributed by atoms with van der Waals surface area (Å²) < 4.78 is 13.6. The van der Waals surface area contributed by atoms with Crippen molar-refractivity contribution in [3.63, 3.8) is 0 Å². The summed E-state index contributed by atoms with van der Waals surface area (Å²) in [6, 6.07) is 12.9. The largest absolute Gasteiger partial charge is 0.329 e. The van der Waals surface area contributed by atoms with Gasteiger partial charge in [-0.1, -0.05) is 35.9 Å². The van der Waals surface area contributed by atoms with Crippen LogP contribution in [0.4, 0.5) is 15.2 Å². The first-order chi connectivity index (χ1) is 10.1. The molecule has 0 aliphatic carbocycles. The van der Waals surface area contributed by atoms with Crippen LogP contribution in [-0.2, 0) is 0 Å². The fourth-order valence-electron chi connectivity index (χ4n) is 2.23. The van der Waals surface area contributed by atoms with Crippen molar-refractivity contribution in [3.8, 4) is 11.3 Å². The summed E-state index contributed by atoms with van der Waals surface area (Å²) in [4.78, 5) is 4.55. The average Bonchev–Trinajstić information content (AvgIpc) is 2.90. The number of hydrogen-bond acceptors (Lipinski definition) is 3. The molecule has 0 radical (unpaired) electrons. The molecule has 2 aromatic carbocycles. The van der Waals surface area contributed by atoms with Crippen molar-refractivity contribution >= 4 is 22.2 Å². The molecule has 0 amide bonds. The first-order valence-corrected chi connectivity index (χ1v) is 7.56. The highest BCUT2D eigenvalue weighted by molar-refractivity contribution is 7.14. The van der Waals surface area contributed by atoms with Crippen LogP contribution >= 0.6 is 11.3 Å². The van der Waals surface area contributed by atoms with E-state index in [0.717, 1.165) is 11.3 Å². The van der Waals surface area contributed by atoms with Crippen LogP contribution in [0.15, 0.2) is 47.8 Å². The molecule has 3 aromatic rings. The summed E-state index contributed by atoms with van der Waals surface area (Å²) in [5.74, 6) is -0.277. The predicted octanol–water partition coefficient (Wildman–Crippen LogP) is 5.31. The second kappa shape index (κ2) is 5.66. The van der Waals surface area contributed by atoms with Crippen molar-refractivity contribution in [3.05, 3.63) is 64.8 Å². The Balaban J connectivity index is 1.88. The van der Waals surface area contributed by atoms with Gasteiger partial charge in [-0.3, -0.25) is 0 Å². The zero-order valence-corrected chi connectivity index (χ0v) is 12.7. The molecule has 0 saturated heterocycles. The number of hydrogen-bond donors (Lipinski definition) is 1. The maximum Gasteiger partial charge on any atom is 0.187 e. The highest BCUT2D eigenvalue weighted by atomic mass is 32.1. The van der Waals surface area contributed by atoms with E-state index in [1.165, 1.54) is 28.5 Å². The molecule has 0 saturated carbocycles.